The van der Waals surface area contributed by atoms with Gasteiger partial charge in [0.1, 0.15) is 11.6 Å². The summed E-state index contributed by atoms with van der Waals surface area (Å²) in [4.78, 5) is 0. The largest absolute Gasteiger partial charge is 0.365 e. The highest BCUT2D eigenvalue weighted by Gasteiger charge is 2.08. The zero-order valence-electron chi connectivity index (χ0n) is 10.4. The Morgan fingerprint density at radius 1 is 1.32 bits per heavy atom. The second-order valence-electron chi connectivity index (χ2n) is 4.21. The van der Waals surface area contributed by atoms with Crippen LogP contribution in [-0.4, -0.2) is 22.8 Å². The van der Waals surface area contributed by atoms with Gasteiger partial charge in [-0.05, 0) is 37.3 Å². The summed E-state index contributed by atoms with van der Waals surface area (Å²) in [7, 11) is 0. The molecule has 6 heteroatoms. The fourth-order valence-corrected chi connectivity index (χ4v) is 1.92. The maximum absolute atomic E-state index is 13.7. The summed E-state index contributed by atoms with van der Waals surface area (Å²) in [5.41, 5.74) is 6.42. The van der Waals surface area contributed by atoms with Crippen molar-refractivity contribution >= 4 is 21.7 Å². The first-order valence-corrected chi connectivity index (χ1v) is 6.65. The summed E-state index contributed by atoms with van der Waals surface area (Å²) < 4.78 is 14.5. The monoisotopic (exact) mass is 324 g/mol. The maximum Gasteiger partial charge on any atom is 0.148 e. The Morgan fingerprint density at radius 2 is 2.11 bits per heavy atom. The van der Waals surface area contributed by atoms with Gasteiger partial charge in [-0.15, -0.1) is 10.2 Å². The fraction of sp³-hybridized carbons (Fsp3) is 0.231. The molecule has 0 aliphatic carbocycles. The number of aromatic nitrogens is 2. The molecule has 0 amide bonds. The molecule has 0 radical (unpaired) electrons. The van der Waals surface area contributed by atoms with Crippen LogP contribution >= 0.6 is 15.9 Å². The van der Waals surface area contributed by atoms with E-state index in [1.165, 1.54) is 6.07 Å². The average Bonchev–Trinajstić information content (AvgIpc) is 2.42. The number of nitrogens with zero attached hydrogens (tertiary/aromatic N) is 2. The van der Waals surface area contributed by atoms with Gasteiger partial charge in [0.15, 0.2) is 0 Å². The predicted octanol–water partition coefficient (Wildman–Crippen LogP) is 2.80. The Kier molecular flexibility index (Phi) is 4.44. The Labute approximate surface area is 119 Å². The third-order valence-electron chi connectivity index (χ3n) is 2.62. The van der Waals surface area contributed by atoms with Crippen LogP contribution in [0.15, 0.2) is 34.8 Å². The second kappa shape index (κ2) is 6.08. The predicted molar refractivity (Wildman–Crippen MR) is 77.3 cm³/mol. The van der Waals surface area contributed by atoms with E-state index in [4.69, 9.17) is 5.73 Å². The molecule has 1 atom stereocenters. The number of hydrogen-bond acceptors (Lipinski definition) is 4. The van der Waals surface area contributed by atoms with Crippen LogP contribution in [-0.2, 0) is 0 Å². The molecule has 2 rings (SSSR count). The summed E-state index contributed by atoms with van der Waals surface area (Å²) in [6, 6.07) is 8.31. The Balaban J connectivity index is 2.25. The van der Waals surface area contributed by atoms with Crippen LogP contribution < -0.4 is 11.1 Å². The summed E-state index contributed by atoms with van der Waals surface area (Å²) in [5, 5.41) is 11.1. The van der Waals surface area contributed by atoms with Gasteiger partial charge in [-0.2, -0.15) is 0 Å². The van der Waals surface area contributed by atoms with Crippen molar-refractivity contribution in [2.45, 2.75) is 13.0 Å². The summed E-state index contributed by atoms with van der Waals surface area (Å²) >= 11 is 3.31. The lowest BCUT2D eigenvalue weighted by Gasteiger charge is -2.11. The van der Waals surface area contributed by atoms with Gasteiger partial charge in [0.2, 0.25) is 0 Å². The third-order valence-corrected chi connectivity index (χ3v) is 3.11. The van der Waals surface area contributed by atoms with Crippen molar-refractivity contribution in [1.29, 1.82) is 0 Å². The Bertz CT molecular complexity index is 559. The Hall–Kier alpha value is -1.53. The third kappa shape index (κ3) is 3.48. The van der Waals surface area contributed by atoms with E-state index in [0.29, 0.717) is 23.6 Å². The van der Waals surface area contributed by atoms with Crippen molar-refractivity contribution < 1.29 is 4.39 Å². The van der Waals surface area contributed by atoms with E-state index in [9.17, 15) is 4.39 Å². The van der Waals surface area contributed by atoms with Crippen molar-refractivity contribution in [3.63, 3.8) is 0 Å². The van der Waals surface area contributed by atoms with Crippen LogP contribution in [0.25, 0.3) is 11.3 Å². The van der Waals surface area contributed by atoms with Gasteiger partial charge >= 0.3 is 0 Å². The fourth-order valence-electron chi connectivity index (χ4n) is 1.56. The molecule has 1 heterocycles. The molecule has 1 aromatic heterocycles. The topological polar surface area (TPSA) is 63.8 Å². The minimum Gasteiger partial charge on any atom is -0.365 e. The number of halogens is 2. The van der Waals surface area contributed by atoms with Gasteiger partial charge in [0.25, 0.3) is 0 Å². The lowest BCUT2D eigenvalue weighted by molar-refractivity contribution is 0.630. The highest BCUT2D eigenvalue weighted by molar-refractivity contribution is 9.10. The molecule has 0 saturated heterocycles. The molecule has 1 unspecified atom stereocenters. The quantitative estimate of drug-likeness (QED) is 0.907. The van der Waals surface area contributed by atoms with E-state index in [1.54, 1.807) is 24.3 Å². The lowest BCUT2D eigenvalue weighted by Crippen LogP contribution is -2.25. The van der Waals surface area contributed by atoms with Gasteiger partial charge in [-0.3, -0.25) is 0 Å². The van der Waals surface area contributed by atoms with Gasteiger partial charge < -0.3 is 11.1 Å². The zero-order valence-corrected chi connectivity index (χ0v) is 12.0. The van der Waals surface area contributed by atoms with E-state index < -0.39 is 0 Å². The number of hydrogen-bond donors (Lipinski definition) is 2. The van der Waals surface area contributed by atoms with Gasteiger partial charge in [0, 0.05) is 22.6 Å². The smallest absolute Gasteiger partial charge is 0.148 e. The molecule has 3 N–H and O–H groups in total. The number of nitrogens with one attached hydrogen (secondary N) is 1. The maximum atomic E-state index is 13.7. The van der Waals surface area contributed by atoms with Crippen molar-refractivity contribution in [1.82, 2.24) is 10.2 Å². The molecule has 0 aliphatic heterocycles. The zero-order chi connectivity index (χ0) is 13.8. The van der Waals surface area contributed by atoms with Gasteiger partial charge in [0.05, 0.1) is 5.69 Å². The minimum absolute atomic E-state index is 0.114. The summed E-state index contributed by atoms with van der Waals surface area (Å²) in [6.07, 6.45) is 0. The SMILES string of the molecule is CC(CN)Nc1ccc(-c2cc(Br)ccc2F)nn1. The van der Waals surface area contributed by atoms with Gasteiger partial charge in [-0.1, -0.05) is 15.9 Å². The molecular weight excluding hydrogens is 311 g/mol. The van der Waals surface area contributed by atoms with E-state index >= 15 is 0 Å². The molecule has 100 valence electrons. The number of benzene rings is 1. The minimum atomic E-state index is -0.325. The van der Waals surface area contributed by atoms with Crippen LogP contribution in [0, 0.1) is 5.82 Å². The molecule has 0 aliphatic rings. The molecule has 0 bridgehead atoms. The van der Waals surface area contributed by atoms with Crippen LogP contribution in [0.5, 0.6) is 0 Å². The molecule has 4 nitrogen and oxygen atoms in total. The molecule has 1 aromatic carbocycles. The molecule has 19 heavy (non-hydrogen) atoms. The van der Waals surface area contributed by atoms with E-state index in [1.807, 2.05) is 6.92 Å². The highest BCUT2D eigenvalue weighted by Crippen LogP contribution is 2.24. The number of anilines is 1. The first-order valence-electron chi connectivity index (χ1n) is 5.86. The number of nitrogens with two attached hydrogens (primary N) is 1. The molecule has 0 spiro atoms. The van der Waals surface area contributed by atoms with E-state index in [-0.39, 0.29) is 11.9 Å². The van der Waals surface area contributed by atoms with Crippen molar-refractivity contribution in [2.75, 3.05) is 11.9 Å². The molecular formula is C13H14BrFN4. The molecule has 0 saturated carbocycles. The van der Waals surface area contributed by atoms with Crippen molar-refractivity contribution in [3.05, 3.63) is 40.6 Å². The second-order valence-corrected chi connectivity index (χ2v) is 5.12. The first kappa shape index (κ1) is 13.9. The standard InChI is InChI=1S/C13H14BrFN4/c1-8(7-16)17-13-5-4-12(18-19-13)10-6-9(14)2-3-11(10)15/h2-6,8H,7,16H2,1H3,(H,17,19). The molecule has 2 aromatic rings. The highest BCUT2D eigenvalue weighted by atomic mass is 79.9. The summed E-state index contributed by atoms with van der Waals surface area (Å²) in [6.45, 7) is 2.45. The van der Waals surface area contributed by atoms with E-state index in [0.717, 1.165) is 4.47 Å². The van der Waals surface area contributed by atoms with Gasteiger partial charge in [-0.25, -0.2) is 4.39 Å². The van der Waals surface area contributed by atoms with Crippen LogP contribution in [0.3, 0.4) is 0 Å². The number of rotatable bonds is 4. The van der Waals surface area contributed by atoms with Crippen molar-refractivity contribution in [3.8, 4) is 11.3 Å². The lowest BCUT2D eigenvalue weighted by atomic mass is 10.1. The first-order chi connectivity index (χ1) is 9.10. The Morgan fingerprint density at radius 3 is 2.74 bits per heavy atom. The van der Waals surface area contributed by atoms with Crippen LogP contribution in [0.4, 0.5) is 10.2 Å². The van der Waals surface area contributed by atoms with E-state index in [2.05, 4.69) is 31.4 Å². The van der Waals surface area contributed by atoms with Crippen LogP contribution in [0.2, 0.25) is 0 Å². The normalized spacial score (nSPS) is 12.2. The summed E-state index contributed by atoms with van der Waals surface area (Å²) in [5.74, 6) is 0.297. The average molecular weight is 325 g/mol. The van der Waals surface area contributed by atoms with Crippen LogP contribution in [0.1, 0.15) is 6.92 Å². The molecule has 0 fully saturated rings. The van der Waals surface area contributed by atoms with Crippen molar-refractivity contribution in [2.24, 2.45) is 5.73 Å².